The van der Waals surface area contributed by atoms with Crippen LogP contribution in [0.4, 0.5) is 4.79 Å². The molecule has 0 aromatic carbocycles. The van der Waals surface area contributed by atoms with Gasteiger partial charge in [-0.3, -0.25) is 4.79 Å². The molecule has 0 atom stereocenters. The number of carbonyl (C=O) groups excluding carboxylic acids is 1. The normalized spacial score (nSPS) is 10.9. The second-order valence-electron chi connectivity index (χ2n) is 4.37. The summed E-state index contributed by atoms with van der Waals surface area (Å²) in [5, 5.41) is 22.3. The molecule has 20 heavy (non-hydrogen) atoms. The van der Waals surface area contributed by atoms with Crippen LogP contribution < -0.4 is 10.6 Å². The van der Waals surface area contributed by atoms with Crippen LogP contribution in [-0.2, 0) is 9.59 Å². The molecule has 0 unspecified atom stereocenters. The first kappa shape index (κ1) is 17.9. The predicted octanol–water partition coefficient (Wildman–Crippen LogP) is 1.35. The Balaban J connectivity index is 3.48. The van der Waals surface area contributed by atoms with Crippen LogP contribution >= 0.6 is 0 Å². The van der Waals surface area contributed by atoms with Crippen molar-refractivity contribution in [2.75, 3.05) is 13.1 Å². The van der Waals surface area contributed by atoms with E-state index in [0.29, 0.717) is 25.9 Å². The van der Waals surface area contributed by atoms with E-state index in [-0.39, 0.29) is 18.0 Å². The van der Waals surface area contributed by atoms with E-state index in [0.717, 1.165) is 12.8 Å². The third-order valence-corrected chi connectivity index (χ3v) is 2.57. The van der Waals surface area contributed by atoms with Crippen molar-refractivity contribution in [2.24, 2.45) is 0 Å². The lowest BCUT2D eigenvalue weighted by Gasteiger charge is -2.06. The summed E-state index contributed by atoms with van der Waals surface area (Å²) in [5.74, 6) is -1.77. The summed E-state index contributed by atoms with van der Waals surface area (Å²) >= 11 is 0. The standard InChI is InChI=1S/C13H22N2O5/c1-10(12(18)19)6-5-9-15-13(20)14-8-4-2-3-7-11(16)17/h6H,2-5,7-9H2,1H3,(H,16,17)(H,18,19)(H2,14,15,20)/b10-6+. The SMILES string of the molecule is C/C(=C\CCNC(=O)NCCCCCC(=O)O)C(=O)O. The Hall–Kier alpha value is -2.05. The zero-order valence-corrected chi connectivity index (χ0v) is 11.6. The number of urea groups is 1. The van der Waals surface area contributed by atoms with Crippen LogP contribution in [0.15, 0.2) is 11.6 Å². The van der Waals surface area contributed by atoms with E-state index in [4.69, 9.17) is 10.2 Å². The Bertz CT molecular complexity index is 366. The maximum absolute atomic E-state index is 11.3. The molecule has 0 radical (unpaired) electrons. The smallest absolute Gasteiger partial charge is 0.330 e. The highest BCUT2D eigenvalue weighted by atomic mass is 16.4. The summed E-state index contributed by atoms with van der Waals surface area (Å²) in [6.07, 6.45) is 4.27. The Morgan fingerprint density at radius 1 is 1.00 bits per heavy atom. The maximum Gasteiger partial charge on any atom is 0.330 e. The van der Waals surface area contributed by atoms with Gasteiger partial charge in [0.1, 0.15) is 0 Å². The third-order valence-electron chi connectivity index (χ3n) is 2.57. The Labute approximate surface area is 118 Å². The predicted molar refractivity (Wildman–Crippen MR) is 73.5 cm³/mol. The molecule has 7 heteroatoms. The van der Waals surface area contributed by atoms with Gasteiger partial charge in [-0.2, -0.15) is 0 Å². The second-order valence-corrected chi connectivity index (χ2v) is 4.37. The molecule has 0 aromatic heterocycles. The largest absolute Gasteiger partial charge is 0.481 e. The molecule has 0 aliphatic carbocycles. The van der Waals surface area contributed by atoms with E-state index in [1.54, 1.807) is 6.08 Å². The first-order chi connectivity index (χ1) is 9.43. The molecule has 114 valence electrons. The van der Waals surface area contributed by atoms with Gasteiger partial charge in [0.15, 0.2) is 0 Å². The number of hydrogen-bond acceptors (Lipinski definition) is 3. The van der Waals surface area contributed by atoms with E-state index >= 15 is 0 Å². The summed E-state index contributed by atoms with van der Waals surface area (Å²) < 4.78 is 0. The molecule has 0 aliphatic heterocycles. The van der Waals surface area contributed by atoms with Crippen LogP contribution in [0.3, 0.4) is 0 Å². The molecule has 2 amide bonds. The molecular formula is C13H22N2O5. The number of hydrogen-bond donors (Lipinski definition) is 4. The minimum absolute atomic E-state index is 0.154. The number of carboxylic acids is 2. The minimum atomic E-state index is -0.962. The van der Waals surface area contributed by atoms with Gasteiger partial charge in [0.2, 0.25) is 0 Å². The first-order valence-corrected chi connectivity index (χ1v) is 6.57. The molecule has 0 rings (SSSR count). The van der Waals surface area contributed by atoms with E-state index in [1.165, 1.54) is 6.92 Å². The van der Waals surface area contributed by atoms with Gasteiger partial charge in [-0.1, -0.05) is 12.5 Å². The Kier molecular flexibility index (Phi) is 9.72. The molecule has 0 bridgehead atoms. The van der Waals surface area contributed by atoms with Gasteiger partial charge < -0.3 is 20.8 Å². The van der Waals surface area contributed by atoms with Crippen LogP contribution in [0.1, 0.15) is 39.0 Å². The van der Waals surface area contributed by atoms with E-state index in [9.17, 15) is 14.4 Å². The number of carbonyl (C=O) groups is 3. The quantitative estimate of drug-likeness (QED) is 0.357. The highest BCUT2D eigenvalue weighted by Gasteiger charge is 2.01. The average molecular weight is 286 g/mol. The van der Waals surface area contributed by atoms with Crippen LogP contribution in [0.2, 0.25) is 0 Å². The molecule has 0 saturated carbocycles. The Morgan fingerprint density at radius 3 is 2.25 bits per heavy atom. The molecule has 7 nitrogen and oxygen atoms in total. The molecule has 0 saturated heterocycles. The number of unbranched alkanes of at least 4 members (excludes halogenated alkanes) is 2. The van der Waals surface area contributed by atoms with Gasteiger partial charge in [0.05, 0.1) is 0 Å². The summed E-state index contributed by atoms with van der Waals surface area (Å²) in [6.45, 7) is 2.37. The Morgan fingerprint density at radius 2 is 1.65 bits per heavy atom. The van der Waals surface area contributed by atoms with E-state index in [1.807, 2.05) is 0 Å². The highest BCUT2D eigenvalue weighted by molar-refractivity contribution is 5.85. The topological polar surface area (TPSA) is 116 Å². The van der Waals surface area contributed by atoms with Crippen LogP contribution in [0.25, 0.3) is 0 Å². The first-order valence-electron chi connectivity index (χ1n) is 6.57. The molecule has 0 aromatic rings. The lowest BCUT2D eigenvalue weighted by Crippen LogP contribution is -2.36. The van der Waals surface area contributed by atoms with E-state index < -0.39 is 11.9 Å². The van der Waals surface area contributed by atoms with Crippen molar-refractivity contribution in [3.8, 4) is 0 Å². The van der Waals surface area contributed by atoms with E-state index in [2.05, 4.69) is 10.6 Å². The van der Waals surface area contributed by atoms with Crippen molar-refractivity contribution in [2.45, 2.75) is 39.0 Å². The van der Waals surface area contributed by atoms with Gasteiger partial charge in [0, 0.05) is 25.1 Å². The van der Waals surface area contributed by atoms with Crippen molar-refractivity contribution >= 4 is 18.0 Å². The van der Waals surface area contributed by atoms with Crippen molar-refractivity contribution in [1.82, 2.24) is 10.6 Å². The van der Waals surface area contributed by atoms with Crippen molar-refractivity contribution in [3.05, 3.63) is 11.6 Å². The van der Waals surface area contributed by atoms with Crippen molar-refractivity contribution < 1.29 is 24.6 Å². The fourth-order valence-electron chi connectivity index (χ4n) is 1.40. The molecule has 0 heterocycles. The monoisotopic (exact) mass is 286 g/mol. The van der Waals surface area contributed by atoms with Crippen LogP contribution in [0.5, 0.6) is 0 Å². The summed E-state index contributed by atoms with van der Waals surface area (Å²) in [5.41, 5.74) is 0.255. The summed E-state index contributed by atoms with van der Waals surface area (Å²) in [7, 11) is 0. The van der Waals surface area contributed by atoms with Gasteiger partial charge in [0.25, 0.3) is 0 Å². The van der Waals surface area contributed by atoms with Gasteiger partial charge in [-0.25, -0.2) is 9.59 Å². The second kappa shape index (κ2) is 10.8. The fourth-order valence-corrected chi connectivity index (χ4v) is 1.40. The molecule has 0 spiro atoms. The van der Waals surface area contributed by atoms with Crippen LogP contribution in [0, 0.1) is 0 Å². The summed E-state index contributed by atoms with van der Waals surface area (Å²) in [6, 6.07) is -0.301. The fraction of sp³-hybridized carbons (Fsp3) is 0.615. The van der Waals surface area contributed by atoms with Crippen LogP contribution in [-0.4, -0.2) is 41.3 Å². The zero-order valence-electron chi connectivity index (χ0n) is 11.6. The molecule has 0 fully saturated rings. The number of carboxylic acid groups (broad SMARTS) is 2. The molecule has 0 aliphatic rings. The van der Waals surface area contributed by atoms with Gasteiger partial charge in [-0.15, -0.1) is 0 Å². The van der Waals surface area contributed by atoms with Gasteiger partial charge in [-0.05, 0) is 26.2 Å². The third kappa shape index (κ3) is 11.1. The maximum atomic E-state index is 11.3. The van der Waals surface area contributed by atoms with Gasteiger partial charge >= 0.3 is 18.0 Å². The number of amides is 2. The lowest BCUT2D eigenvalue weighted by atomic mass is 10.2. The molecule has 4 N–H and O–H groups in total. The number of rotatable bonds is 10. The number of aliphatic carboxylic acids is 2. The molecular weight excluding hydrogens is 264 g/mol. The minimum Gasteiger partial charge on any atom is -0.481 e. The number of nitrogens with one attached hydrogen (secondary N) is 2. The highest BCUT2D eigenvalue weighted by Crippen LogP contribution is 1.98. The summed E-state index contributed by atoms with van der Waals surface area (Å²) in [4.78, 5) is 32.1. The lowest BCUT2D eigenvalue weighted by molar-refractivity contribution is -0.137. The van der Waals surface area contributed by atoms with Crippen molar-refractivity contribution in [3.63, 3.8) is 0 Å². The average Bonchev–Trinajstić information content (AvgIpc) is 2.37. The zero-order chi connectivity index (χ0) is 15.4. The van der Waals surface area contributed by atoms with Crippen molar-refractivity contribution in [1.29, 1.82) is 0 Å².